The van der Waals surface area contributed by atoms with Gasteiger partial charge in [-0.2, -0.15) is 0 Å². The number of nitrogens with zero attached hydrogens (tertiary/aromatic N) is 2. The zero-order chi connectivity index (χ0) is 22.0. The van der Waals surface area contributed by atoms with Gasteiger partial charge in [0, 0.05) is 24.9 Å². The van der Waals surface area contributed by atoms with Gasteiger partial charge in [0.15, 0.2) is 5.71 Å². The summed E-state index contributed by atoms with van der Waals surface area (Å²) in [6, 6.07) is 6.71. The number of rotatable bonds is 6. The summed E-state index contributed by atoms with van der Waals surface area (Å²) in [5.74, 6) is -2.28. The fourth-order valence-corrected chi connectivity index (χ4v) is 3.29. The van der Waals surface area contributed by atoms with Crippen LogP contribution in [0.25, 0.3) is 5.57 Å². The molecule has 0 radical (unpaired) electrons. The summed E-state index contributed by atoms with van der Waals surface area (Å²) in [4.78, 5) is 35.9. The fourth-order valence-electron chi connectivity index (χ4n) is 3.29. The number of Topliss-reactive ketones (excluding diaryl/α,β-unsaturated/α-hetero) is 1. The van der Waals surface area contributed by atoms with E-state index < -0.39 is 11.9 Å². The minimum absolute atomic E-state index is 0.0988. The molecular weight excluding hydrogens is 388 g/mol. The molecule has 1 aromatic carbocycles. The lowest BCUT2D eigenvalue weighted by molar-refractivity contribution is -0.485. The molecule has 0 bridgehead atoms. The molecule has 0 aromatic heterocycles. The average Bonchev–Trinajstić information content (AvgIpc) is 2.68. The van der Waals surface area contributed by atoms with Crippen LogP contribution in [-0.2, 0) is 14.4 Å². The second-order valence-electron chi connectivity index (χ2n) is 7.02. The van der Waals surface area contributed by atoms with Gasteiger partial charge in [0.25, 0.3) is 0 Å². The SMILES string of the molecule is CN(CC(=O)O)c1ccc(C2=C(O)C(=C3C=CC(=[N+](C)CC(=O)O)C=C3)C2=O)cc1. The van der Waals surface area contributed by atoms with E-state index in [9.17, 15) is 19.5 Å². The second-order valence-corrected chi connectivity index (χ2v) is 7.02. The van der Waals surface area contributed by atoms with E-state index in [2.05, 4.69) is 0 Å². The van der Waals surface area contributed by atoms with Gasteiger partial charge in [0.2, 0.25) is 12.3 Å². The van der Waals surface area contributed by atoms with Crippen molar-refractivity contribution >= 4 is 34.7 Å². The normalized spacial score (nSPS) is 15.4. The number of allylic oxidation sites excluding steroid dienone is 7. The second kappa shape index (κ2) is 8.20. The summed E-state index contributed by atoms with van der Waals surface area (Å²) in [6.45, 7) is -0.302. The Morgan fingerprint density at radius 3 is 2.07 bits per heavy atom. The van der Waals surface area contributed by atoms with E-state index in [4.69, 9.17) is 10.2 Å². The van der Waals surface area contributed by atoms with Gasteiger partial charge >= 0.3 is 11.9 Å². The third-order valence-electron chi connectivity index (χ3n) is 4.87. The fraction of sp³-hybridized carbons (Fsp3) is 0.182. The third-order valence-corrected chi connectivity index (χ3v) is 4.87. The number of hydrogen-bond donors (Lipinski definition) is 3. The van der Waals surface area contributed by atoms with E-state index in [-0.39, 0.29) is 35.8 Å². The number of benzene rings is 1. The van der Waals surface area contributed by atoms with Crippen LogP contribution in [0.3, 0.4) is 0 Å². The molecule has 0 amide bonds. The van der Waals surface area contributed by atoms with Crippen molar-refractivity contribution in [3.8, 4) is 0 Å². The predicted octanol–water partition coefficient (Wildman–Crippen LogP) is 1.65. The molecule has 0 fully saturated rings. The summed E-state index contributed by atoms with van der Waals surface area (Å²) in [5.41, 5.74) is 2.88. The Morgan fingerprint density at radius 2 is 1.57 bits per heavy atom. The van der Waals surface area contributed by atoms with E-state index >= 15 is 0 Å². The number of aliphatic hydroxyl groups is 1. The maximum absolute atomic E-state index is 12.7. The standard InChI is InChI=1S/C22H20N2O6/c1-23(11-17(25)26)15-7-3-13(4-8-15)19-21(29)20(22(19)30)14-5-9-16(10-6-14)24(2)12-18(27)28/h3-10H,11-12H2,1-2H3,(H2-,25,26,27,28,29,30)/p+1. The molecular formula is C22H21N2O6+. The van der Waals surface area contributed by atoms with Crippen LogP contribution in [0, 0.1) is 0 Å². The van der Waals surface area contributed by atoms with Gasteiger partial charge in [-0.05, 0) is 35.4 Å². The number of anilines is 1. The quantitative estimate of drug-likeness (QED) is 0.483. The summed E-state index contributed by atoms with van der Waals surface area (Å²) in [7, 11) is 3.30. The largest absolute Gasteiger partial charge is 0.506 e. The number of carbonyl (C=O) groups is 3. The Morgan fingerprint density at radius 1 is 0.967 bits per heavy atom. The molecule has 0 atom stereocenters. The topological polar surface area (TPSA) is 118 Å². The smallest absolute Gasteiger partial charge is 0.369 e. The number of likely N-dealkylation sites (N-methyl/N-ethyl adjacent to an activating group) is 2. The van der Waals surface area contributed by atoms with E-state index in [1.807, 2.05) is 0 Å². The summed E-state index contributed by atoms with van der Waals surface area (Å²) in [6.07, 6.45) is 6.71. The Bertz CT molecular complexity index is 1070. The Balaban J connectivity index is 1.84. The van der Waals surface area contributed by atoms with Crippen molar-refractivity contribution in [1.29, 1.82) is 0 Å². The van der Waals surface area contributed by atoms with Gasteiger partial charge in [-0.1, -0.05) is 12.1 Å². The van der Waals surface area contributed by atoms with Crippen LogP contribution in [0.15, 0.2) is 65.5 Å². The highest BCUT2D eigenvalue weighted by Gasteiger charge is 2.36. The van der Waals surface area contributed by atoms with Crippen molar-refractivity contribution < 1.29 is 34.3 Å². The lowest BCUT2D eigenvalue weighted by Gasteiger charge is -2.24. The van der Waals surface area contributed by atoms with Crippen LogP contribution >= 0.6 is 0 Å². The number of aliphatic hydroxyl groups excluding tert-OH is 1. The van der Waals surface area contributed by atoms with Crippen molar-refractivity contribution in [2.24, 2.45) is 0 Å². The third kappa shape index (κ3) is 4.07. The molecule has 8 heteroatoms. The van der Waals surface area contributed by atoms with Gasteiger partial charge in [0.05, 0.1) is 11.1 Å². The molecule has 3 rings (SSSR count). The molecule has 1 aromatic rings. The molecule has 0 aliphatic heterocycles. The van der Waals surface area contributed by atoms with Crippen LogP contribution in [-0.4, -0.2) is 70.5 Å². The van der Waals surface area contributed by atoms with Crippen molar-refractivity contribution in [3.05, 3.63) is 71.0 Å². The highest BCUT2D eigenvalue weighted by atomic mass is 16.4. The van der Waals surface area contributed by atoms with Crippen LogP contribution in [0.2, 0.25) is 0 Å². The van der Waals surface area contributed by atoms with Crippen LogP contribution in [0.4, 0.5) is 5.69 Å². The number of carboxylic acid groups (broad SMARTS) is 2. The van der Waals surface area contributed by atoms with E-state index in [1.54, 1.807) is 72.1 Å². The van der Waals surface area contributed by atoms with E-state index in [1.165, 1.54) is 0 Å². The van der Waals surface area contributed by atoms with Crippen molar-refractivity contribution in [2.75, 3.05) is 32.1 Å². The predicted molar refractivity (Wildman–Crippen MR) is 111 cm³/mol. The molecule has 0 heterocycles. The zero-order valence-corrected chi connectivity index (χ0v) is 16.5. The number of ketones is 1. The highest BCUT2D eigenvalue weighted by Crippen LogP contribution is 2.39. The molecule has 3 N–H and O–H groups in total. The molecule has 0 saturated carbocycles. The first-order valence-corrected chi connectivity index (χ1v) is 9.11. The van der Waals surface area contributed by atoms with E-state index in [0.717, 1.165) is 0 Å². The molecule has 0 saturated heterocycles. The van der Waals surface area contributed by atoms with Gasteiger partial charge in [-0.15, -0.1) is 0 Å². The lowest BCUT2D eigenvalue weighted by Crippen LogP contribution is -2.25. The number of carboxylic acids is 2. The maximum atomic E-state index is 12.7. The summed E-state index contributed by atoms with van der Waals surface area (Å²) < 4.78 is 1.56. The monoisotopic (exact) mass is 409 g/mol. The molecule has 8 nitrogen and oxygen atoms in total. The molecule has 0 unspecified atom stereocenters. The minimum Gasteiger partial charge on any atom is -0.506 e. The van der Waals surface area contributed by atoms with Crippen LogP contribution in [0.5, 0.6) is 0 Å². The van der Waals surface area contributed by atoms with Crippen molar-refractivity contribution in [2.45, 2.75) is 0 Å². The number of hydrogen-bond acceptors (Lipinski definition) is 5. The number of carbonyl (C=O) groups excluding carboxylic acids is 1. The lowest BCUT2D eigenvalue weighted by atomic mass is 9.80. The zero-order valence-electron chi connectivity index (χ0n) is 16.5. The van der Waals surface area contributed by atoms with Crippen LogP contribution in [0.1, 0.15) is 5.56 Å². The Hall–Kier alpha value is -3.94. The maximum Gasteiger partial charge on any atom is 0.369 e. The van der Waals surface area contributed by atoms with Gasteiger partial charge in [0.1, 0.15) is 19.4 Å². The molecule has 2 aliphatic rings. The first kappa shape index (κ1) is 20.8. The Kier molecular flexibility index (Phi) is 5.68. The Labute approximate surface area is 172 Å². The van der Waals surface area contributed by atoms with E-state index in [0.29, 0.717) is 22.5 Å². The molecule has 0 spiro atoms. The first-order valence-electron chi connectivity index (χ1n) is 9.11. The van der Waals surface area contributed by atoms with Crippen molar-refractivity contribution in [1.82, 2.24) is 0 Å². The molecule has 2 aliphatic carbocycles. The summed E-state index contributed by atoms with van der Waals surface area (Å²) >= 11 is 0. The summed E-state index contributed by atoms with van der Waals surface area (Å²) in [5, 5.41) is 28.2. The van der Waals surface area contributed by atoms with Crippen molar-refractivity contribution in [3.63, 3.8) is 0 Å². The number of aliphatic carboxylic acids is 2. The van der Waals surface area contributed by atoms with Gasteiger partial charge in [-0.25, -0.2) is 9.37 Å². The highest BCUT2D eigenvalue weighted by molar-refractivity contribution is 6.39. The first-order chi connectivity index (χ1) is 14.2. The molecule has 154 valence electrons. The van der Waals surface area contributed by atoms with Gasteiger partial charge < -0.3 is 20.2 Å². The average molecular weight is 409 g/mol. The minimum atomic E-state index is -0.949. The molecule has 30 heavy (non-hydrogen) atoms. The van der Waals surface area contributed by atoms with Gasteiger partial charge in [-0.3, -0.25) is 9.59 Å². The van der Waals surface area contributed by atoms with Crippen LogP contribution < -0.4 is 4.90 Å².